The molecular weight excluding hydrogens is 198 g/mol. The van der Waals surface area contributed by atoms with Crippen LogP contribution in [0.1, 0.15) is 10.5 Å². The Morgan fingerprint density at radius 3 is 2.93 bits per heavy atom. The van der Waals surface area contributed by atoms with E-state index in [1.807, 2.05) is 0 Å². The minimum absolute atomic E-state index is 0.119. The predicted molar refractivity (Wildman–Crippen MR) is 51.1 cm³/mol. The molecule has 76 valence electrons. The Kier molecular flexibility index (Phi) is 2.09. The van der Waals surface area contributed by atoms with Crippen LogP contribution in [0.25, 0.3) is 11.3 Å². The van der Waals surface area contributed by atoms with E-state index in [0.717, 1.165) is 0 Å². The van der Waals surface area contributed by atoms with Crippen molar-refractivity contribution in [3.8, 4) is 11.3 Å². The van der Waals surface area contributed by atoms with Crippen LogP contribution in [0.15, 0.2) is 28.9 Å². The number of aromatic nitrogens is 2. The lowest BCUT2D eigenvalue weighted by Gasteiger charge is -1.95. The number of aromatic carboxylic acids is 1. The normalized spacial score (nSPS) is 10.1. The Morgan fingerprint density at radius 2 is 2.33 bits per heavy atom. The number of hydrogen-bond acceptors (Lipinski definition) is 5. The van der Waals surface area contributed by atoms with Crippen molar-refractivity contribution in [2.75, 3.05) is 5.73 Å². The van der Waals surface area contributed by atoms with Crippen LogP contribution in [0.4, 0.5) is 6.01 Å². The summed E-state index contributed by atoms with van der Waals surface area (Å²) in [5, 5.41) is 8.84. The van der Waals surface area contributed by atoms with Gasteiger partial charge in [-0.1, -0.05) is 0 Å². The molecular formula is C9H7N3O3. The highest BCUT2D eigenvalue weighted by atomic mass is 16.4. The van der Waals surface area contributed by atoms with E-state index in [-0.39, 0.29) is 17.5 Å². The molecule has 0 unspecified atom stereocenters. The van der Waals surface area contributed by atoms with E-state index in [9.17, 15) is 4.79 Å². The number of hydrogen-bond donors (Lipinski definition) is 2. The first-order valence-electron chi connectivity index (χ1n) is 4.08. The van der Waals surface area contributed by atoms with Gasteiger partial charge in [0, 0.05) is 18.0 Å². The Morgan fingerprint density at radius 1 is 1.53 bits per heavy atom. The maximum atomic E-state index is 10.8. The molecule has 0 spiro atoms. The molecule has 0 saturated carbocycles. The van der Waals surface area contributed by atoms with Gasteiger partial charge in [-0.05, 0) is 12.1 Å². The fourth-order valence-corrected chi connectivity index (χ4v) is 1.17. The smallest absolute Gasteiger partial charge is 0.358 e. The Bertz CT molecular complexity index is 493. The van der Waals surface area contributed by atoms with Crippen molar-refractivity contribution in [2.24, 2.45) is 0 Å². The van der Waals surface area contributed by atoms with E-state index in [2.05, 4.69) is 9.97 Å². The van der Waals surface area contributed by atoms with Crippen LogP contribution >= 0.6 is 0 Å². The van der Waals surface area contributed by atoms with Crippen molar-refractivity contribution in [2.45, 2.75) is 0 Å². The highest BCUT2D eigenvalue weighted by Gasteiger charge is 2.19. The summed E-state index contributed by atoms with van der Waals surface area (Å²) in [6, 6.07) is 3.16. The monoisotopic (exact) mass is 205 g/mol. The van der Waals surface area contributed by atoms with E-state index >= 15 is 0 Å². The van der Waals surface area contributed by atoms with Gasteiger partial charge in [-0.2, -0.15) is 4.98 Å². The molecule has 0 radical (unpaired) electrons. The molecule has 6 heteroatoms. The summed E-state index contributed by atoms with van der Waals surface area (Å²) in [5.74, 6) is -1.07. The van der Waals surface area contributed by atoms with Gasteiger partial charge in [-0.3, -0.25) is 4.98 Å². The first kappa shape index (κ1) is 9.20. The van der Waals surface area contributed by atoms with Gasteiger partial charge in [-0.25, -0.2) is 4.79 Å². The average molecular weight is 205 g/mol. The summed E-state index contributed by atoms with van der Waals surface area (Å²) >= 11 is 0. The molecule has 3 N–H and O–H groups in total. The number of pyridine rings is 1. The summed E-state index contributed by atoms with van der Waals surface area (Å²) < 4.78 is 5.01. The summed E-state index contributed by atoms with van der Waals surface area (Å²) in [4.78, 5) is 18.2. The molecule has 0 amide bonds. The third kappa shape index (κ3) is 1.64. The number of rotatable bonds is 2. The molecule has 0 saturated heterocycles. The van der Waals surface area contributed by atoms with Gasteiger partial charge in [0.15, 0.2) is 11.5 Å². The maximum absolute atomic E-state index is 10.8. The summed E-state index contributed by atoms with van der Waals surface area (Å²) in [5.41, 5.74) is 5.61. The molecule has 2 aromatic heterocycles. The Hall–Kier alpha value is -2.37. The topological polar surface area (TPSA) is 102 Å². The second kappa shape index (κ2) is 3.41. The van der Waals surface area contributed by atoms with E-state index in [1.165, 1.54) is 6.20 Å². The van der Waals surface area contributed by atoms with Gasteiger partial charge < -0.3 is 15.3 Å². The van der Waals surface area contributed by atoms with Crippen molar-refractivity contribution < 1.29 is 14.3 Å². The molecule has 0 aliphatic carbocycles. The van der Waals surface area contributed by atoms with Crippen molar-refractivity contribution in [3.05, 3.63) is 30.2 Å². The Labute approximate surface area is 84.4 Å². The molecule has 6 nitrogen and oxygen atoms in total. The summed E-state index contributed by atoms with van der Waals surface area (Å²) in [6.07, 6.45) is 3.05. The van der Waals surface area contributed by atoms with Crippen LogP contribution in [0.3, 0.4) is 0 Å². The van der Waals surface area contributed by atoms with Crippen LogP contribution < -0.4 is 5.73 Å². The zero-order valence-electron chi connectivity index (χ0n) is 7.54. The maximum Gasteiger partial charge on any atom is 0.358 e. The minimum atomic E-state index is -1.19. The van der Waals surface area contributed by atoms with Gasteiger partial charge in [-0.15, -0.1) is 0 Å². The number of anilines is 1. The van der Waals surface area contributed by atoms with E-state index in [0.29, 0.717) is 5.56 Å². The van der Waals surface area contributed by atoms with Gasteiger partial charge in [0.2, 0.25) is 0 Å². The average Bonchev–Trinajstić information content (AvgIpc) is 2.62. The first-order valence-corrected chi connectivity index (χ1v) is 4.08. The molecule has 2 heterocycles. The van der Waals surface area contributed by atoms with Crippen LogP contribution in [-0.2, 0) is 0 Å². The zero-order valence-corrected chi connectivity index (χ0v) is 7.54. The molecule has 0 aliphatic rings. The van der Waals surface area contributed by atoms with E-state index < -0.39 is 5.97 Å². The molecule has 0 aromatic carbocycles. The second-order valence-corrected chi connectivity index (χ2v) is 2.78. The largest absolute Gasteiger partial charge is 0.476 e. The van der Waals surface area contributed by atoms with E-state index in [4.69, 9.17) is 15.3 Å². The Balaban J connectivity index is 2.58. The summed E-state index contributed by atoms with van der Waals surface area (Å²) in [6.45, 7) is 0. The van der Waals surface area contributed by atoms with Crippen molar-refractivity contribution in [3.63, 3.8) is 0 Å². The number of carbonyl (C=O) groups is 1. The fourth-order valence-electron chi connectivity index (χ4n) is 1.17. The standard InChI is InChI=1S/C9H7N3O3/c10-9-12-6(8(13)14)7(15-9)5-2-1-3-11-4-5/h1-4H,(H2,10,12)(H,13,14). The lowest BCUT2D eigenvalue weighted by molar-refractivity contribution is 0.0691. The molecule has 0 aliphatic heterocycles. The molecule has 15 heavy (non-hydrogen) atoms. The quantitative estimate of drug-likeness (QED) is 0.758. The summed E-state index contributed by atoms with van der Waals surface area (Å²) in [7, 11) is 0. The van der Waals surface area contributed by atoms with Gasteiger partial charge >= 0.3 is 5.97 Å². The zero-order chi connectivity index (χ0) is 10.8. The van der Waals surface area contributed by atoms with Crippen molar-refractivity contribution in [1.82, 2.24) is 9.97 Å². The number of nitrogens with two attached hydrogens (primary N) is 1. The number of oxazole rings is 1. The van der Waals surface area contributed by atoms with E-state index in [1.54, 1.807) is 18.3 Å². The van der Waals surface area contributed by atoms with Crippen LogP contribution in [-0.4, -0.2) is 21.0 Å². The number of carboxylic acid groups (broad SMARTS) is 1. The lowest BCUT2D eigenvalue weighted by Crippen LogP contribution is -1.99. The molecule has 0 fully saturated rings. The predicted octanol–water partition coefficient (Wildman–Crippen LogP) is 1.02. The third-order valence-electron chi connectivity index (χ3n) is 1.77. The van der Waals surface area contributed by atoms with Gasteiger partial charge in [0.25, 0.3) is 6.01 Å². The number of nitrogen functional groups attached to an aromatic ring is 1. The van der Waals surface area contributed by atoms with Crippen molar-refractivity contribution in [1.29, 1.82) is 0 Å². The SMILES string of the molecule is Nc1nc(C(=O)O)c(-c2cccnc2)o1. The van der Waals surface area contributed by atoms with Gasteiger partial charge in [0.1, 0.15) is 0 Å². The van der Waals surface area contributed by atoms with Crippen LogP contribution in [0, 0.1) is 0 Å². The molecule has 0 bridgehead atoms. The highest BCUT2D eigenvalue weighted by Crippen LogP contribution is 2.24. The van der Waals surface area contributed by atoms with Crippen LogP contribution in [0.2, 0.25) is 0 Å². The van der Waals surface area contributed by atoms with Crippen molar-refractivity contribution >= 4 is 12.0 Å². The molecule has 2 aromatic rings. The molecule has 0 atom stereocenters. The lowest BCUT2D eigenvalue weighted by atomic mass is 10.2. The fraction of sp³-hybridized carbons (Fsp3) is 0. The highest BCUT2D eigenvalue weighted by molar-refractivity contribution is 5.92. The third-order valence-corrected chi connectivity index (χ3v) is 1.77. The van der Waals surface area contributed by atoms with Crippen LogP contribution in [0.5, 0.6) is 0 Å². The minimum Gasteiger partial charge on any atom is -0.476 e. The molecule has 2 rings (SSSR count). The van der Waals surface area contributed by atoms with Gasteiger partial charge in [0.05, 0.1) is 0 Å². The number of carboxylic acids is 1. The second-order valence-electron chi connectivity index (χ2n) is 2.78. The first-order chi connectivity index (χ1) is 7.18. The number of nitrogens with zero attached hydrogens (tertiary/aromatic N) is 2.